The monoisotopic (exact) mass is 335 g/mol. The largest absolute Gasteiger partial charge is 0.486 e. The number of amides is 1. The second-order valence-electron chi connectivity index (χ2n) is 5.77. The van der Waals surface area contributed by atoms with E-state index in [-0.39, 0.29) is 12.0 Å². The van der Waals surface area contributed by atoms with Gasteiger partial charge in [-0.1, -0.05) is 30.3 Å². The molecule has 1 aromatic heterocycles. The van der Waals surface area contributed by atoms with E-state index in [2.05, 4.69) is 10.4 Å². The van der Waals surface area contributed by atoms with Crippen molar-refractivity contribution in [1.29, 1.82) is 0 Å². The van der Waals surface area contributed by atoms with Gasteiger partial charge in [0.15, 0.2) is 17.6 Å². The molecule has 4 rings (SSSR count). The summed E-state index contributed by atoms with van der Waals surface area (Å²) in [5.74, 6) is 1.34. The maximum Gasteiger partial charge on any atom is 0.255 e. The first-order valence-electron chi connectivity index (χ1n) is 8.05. The summed E-state index contributed by atoms with van der Waals surface area (Å²) in [5.41, 5.74) is 1.25. The number of hydrogen-bond acceptors (Lipinski definition) is 4. The van der Waals surface area contributed by atoms with E-state index in [1.807, 2.05) is 42.5 Å². The van der Waals surface area contributed by atoms with Crippen molar-refractivity contribution in [2.24, 2.45) is 0 Å². The molecule has 2 heterocycles. The van der Waals surface area contributed by atoms with Crippen LogP contribution in [0.15, 0.2) is 67.0 Å². The van der Waals surface area contributed by atoms with Crippen LogP contribution in [0, 0.1) is 0 Å². The summed E-state index contributed by atoms with van der Waals surface area (Å²) < 4.78 is 13.4. The molecule has 0 aliphatic carbocycles. The fraction of sp³-hybridized carbons (Fsp3) is 0.158. The lowest BCUT2D eigenvalue weighted by Gasteiger charge is -2.26. The van der Waals surface area contributed by atoms with E-state index in [0.717, 1.165) is 11.5 Å². The third-order valence-electron chi connectivity index (χ3n) is 3.89. The third-order valence-corrected chi connectivity index (χ3v) is 3.89. The first-order chi connectivity index (χ1) is 12.3. The molecule has 126 valence electrons. The Labute approximate surface area is 145 Å². The number of hydrogen-bond donors (Lipinski definition) is 1. The molecule has 0 bridgehead atoms. The molecular weight excluding hydrogens is 318 g/mol. The molecule has 1 N–H and O–H groups in total. The summed E-state index contributed by atoms with van der Waals surface area (Å²) in [7, 11) is 0. The molecule has 6 heteroatoms. The van der Waals surface area contributed by atoms with E-state index in [1.165, 1.54) is 0 Å². The van der Waals surface area contributed by atoms with Gasteiger partial charge in [-0.05, 0) is 24.3 Å². The number of para-hydroxylation sites is 2. The number of nitrogens with one attached hydrogen (secondary N) is 1. The molecule has 1 atom stereocenters. The summed E-state index contributed by atoms with van der Waals surface area (Å²) >= 11 is 0. The van der Waals surface area contributed by atoms with Crippen molar-refractivity contribution in [3.05, 3.63) is 72.6 Å². The van der Waals surface area contributed by atoms with Gasteiger partial charge in [-0.3, -0.25) is 9.48 Å². The SMILES string of the molecule is O=C(Nc1cnn(CC2COc3ccccc3O2)c1)c1ccccc1. The van der Waals surface area contributed by atoms with Crippen molar-refractivity contribution < 1.29 is 14.3 Å². The van der Waals surface area contributed by atoms with Crippen LogP contribution >= 0.6 is 0 Å². The van der Waals surface area contributed by atoms with Crippen LogP contribution in [-0.2, 0) is 6.54 Å². The van der Waals surface area contributed by atoms with Crippen LogP contribution in [0.4, 0.5) is 5.69 Å². The molecule has 0 saturated heterocycles. The van der Waals surface area contributed by atoms with Gasteiger partial charge in [0.1, 0.15) is 6.61 Å². The smallest absolute Gasteiger partial charge is 0.255 e. The van der Waals surface area contributed by atoms with E-state index in [4.69, 9.17) is 9.47 Å². The van der Waals surface area contributed by atoms with E-state index >= 15 is 0 Å². The van der Waals surface area contributed by atoms with Crippen molar-refractivity contribution in [3.63, 3.8) is 0 Å². The third kappa shape index (κ3) is 3.47. The van der Waals surface area contributed by atoms with Crippen LogP contribution in [0.5, 0.6) is 11.5 Å². The normalized spacial score (nSPS) is 15.6. The standard InChI is InChI=1S/C19H17N3O3/c23-19(14-6-2-1-3-7-14)21-15-10-20-22(11-15)12-16-13-24-17-8-4-5-9-18(17)25-16/h1-11,16H,12-13H2,(H,21,23). The van der Waals surface area contributed by atoms with E-state index in [1.54, 1.807) is 29.2 Å². The second kappa shape index (κ2) is 6.68. The Morgan fingerprint density at radius 3 is 2.72 bits per heavy atom. The van der Waals surface area contributed by atoms with E-state index in [9.17, 15) is 4.79 Å². The number of fused-ring (bicyclic) bond motifs is 1. The Bertz CT molecular complexity index is 876. The highest BCUT2D eigenvalue weighted by molar-refractivity contribution is 6.04. The highest BCUT2D eigenvalue weighted by Gasteiger charge is 2.21. The Hall–Kier alpha value is -3.28. The lowest BCUT2D eigenvalue weighted by Crippen LogP contribution is -2.33. The number of benzene rings is 2. The molecule has 0 radical (unpaired) electrons. The molecule has 2 aromatic carbocycles. The van der Waals surface area contributed by atoms with Crippen molar-refractivity contribution in [1.82, 2.24) is 9.78 Å². The maximum atomic E-state index is 12.2. The average Bonchev–Trinajstić information content (AvgIpc) is 3.09. The van der Waals surface area contributed by atoms with Crippen LogP contribution in [-0.4, -0.2) is 28.4 Å². The van der Waals surface area contributed by atoms with E-state index in [0.29, 0.717) is 24.4 Å². The van der Waals surface area contributed by atoms with Crippen molar-refractivity contribution in [2.45, 2.75) is 12.6 Å². The van der Waals surface area contributed by atoms with Crippen LogP contribution in [0.1, 0.15) is 10.4 Å². The first-order valence-corrected chi connectivity index (χ1v) is 8.05. The Balaban J connectivity index is 1.38. The molecule has 0 saturated carbocycles. The Kier molecular flexibility index (Phi) is 4.08. The fourth-order valence-corrected chi connectivity index (χ4v) is 2.68. The number of carbonyl (C=O) groups excluding carboxylic acids is 1. The van der Waals surface area contributed by atoms with Gasteiger partial charge in [-0.15, -0.1) is 0 Å². The molecule has 0 fully saturated rings. The van der Waals surface area contributed by atoms with Gasteiger partial charge >= 0.3 is 0 Å². The zero-order valence-corrected chi connectivity index (χ0v) is 13.5. The minimum atomic E-state index is -0.161. The fourth-order valence-electron chi connectivity index (χ4n) is 2.68. The highest BCUT2D eigenvalue weighted by atomic mass is 16.6. The van der Waals surface area contributed by atoms with Gasteiger partial charge in [-0.2, -0.15) is 5.10 Å². The quantitative estimate of drug-likeness (QED) is 0.796. The number of carbonyl (C=O) groups is 1. The summed E-state index contributed by atoms with van der Waals surface area (Å²) in [6, 6.07) is 16.7. The van der Waals surface area contributed by atoms with Crippen molar-refractivity contribution in [2.75, 3.05) is 11.9 Å². The maximum absolute atomic E-state index is 12.2. The van der Waals surface area contributed by atoms with Gasteiger partial charge in [0.25, 0.3) is 5.91 Å². The summed E-state index contributed by atoms with van der Waals surface area (Å²) in [4.78, 5) is 12.2. The van der Waals surface area contributed by atoms with Crippen LogP contribution in [0.25, 0.3) is 0 Å². The summed E-state index contributed by atoms with van der Waals surface area (Å²) in [5, 5.41) is 7.12. The zero-order valence-electron chi connectivity index (χ0n) is 13.5. The van der Waals surface area contributed by atoms with Gasteiger partial charge in [0, 0.05) is 11.8 Å². The average molecular weight is 335 g/mol. The van der Waals surface area contributed by atoms with Gasteiger partial charge in [-0.25, -0.2) is 0 Å². The number of rotatable bonds is 4. The molecule has 1 aliphatic heterocycles. The Morgan fingerprint density at radius 2 is 1.88 bits per heavy atom. The summed E-state index contributed by atoms with van der Waals surface area (Å²) in [6.45, 7) is 0.998. The molecule has 1 amide bonds. The minimum Gasteiger partial charge on any atom is -0.486 e. The predicted molar refractivity (Wildman–Crippen MR) is 93.0 cm³/mol. The second-order valence-corrected chi connectivity index (χ2v) is 5.77. The molecule has 25 heavy (non-hydrogen) atoms. The van der Waals surface area contributed by atoms with Crippen LogP contribution < -0.4 is 14.8 Å². The zero-order chi connectivity index (χ0) is 17.1. The summed E-state index contributed by atoms with van der Waals surface area (Å²) in [6.07, 6.45) is 3.27. The first kappa shape index (κ1) is 15.3. The number of anilines is 1. The van der Waals surface area contributed by atoms with E-state index < -0.39 is 0 Å². The van der Waals surface area contributed by atoms with Gasteiger partial charge in [0.2, 0.25) is 0 Å². The van der Waals surface area contributed by atoms with Gasteiger partial charge in [0.05, 0.1) is 18.4 Å². The lowest BCUT2D eigenvalue weighted by atomic mass is 10.2. The van der Waals surface area contributed by atoms with Crippen molar-refractivity contribution >= 4 is 11.6 Å². The number of nitrogens with zero attached hydrogens (tertiary/aromatic N) is 2. The van der Waals surface area contributed by atoms with Crippen LogP contribution in [0.2, 0.25) is 0 Å². The topological polar surface area (TPSA) is 65.4 Å². The lowest BCUT2D eigenvalue weighted by molar-refractivity contribution is 0.0759. The van der Waals surface area contributed by atoms with Gasteiger partial charge < -0.3 is 14.8 Å². The molecule has 6 nitrogen and oxygen atoms in total. The Morgan fingerprint density at radius 1 is 1.12 bits per heavy atom. The minimum absolute atomic E-state index is 0.132. The molecule has 1 aliphatic rings. The number of ether oxygens (including phenoxy) is 2. The number of aromatic nitrogens is 2. The van der Waals surface area contributed by atoms with Crippen molar-refractivity contribution in [3.8, 4) is 11.5 Å². The molecular formula is C19H17N3O3. The predicted octanol–water partition coefficient (Wildman–Crippen LogP) is 2.98. The van der Waals surface area contributed by atoms with Crippen LogP contribution in [0.3, 0.4) is 0 Å². The molecule has 1 unspecified atom stereocenters. The highest BCUT2D eigenvalue weighted by Crippen LogP contribution is 2.31. The molecule has 3 aromatic rings. The molecule has 0 spiro atoms.